The van der Waals surface area contributed by atoms with E-state index in [0.717, 1.165) is 12.6 Å². The zero-order valence-corrected chi connectivity index (χ0v) is 19.8. The Morgan fingerprint density at radius 3 is 2.71 bits per heavy atom. The summed E-state index contributed by atoms with van der Waals surface area (Å²) in [6.07, 6.45) is 7.17. The van der Waals surface area contributed by atoms with Gasteiger partial charge in [-0.1, -0.05) is 35.4 Å². The van der Waals surface area contributed by atoms with Crippen molar-refractivity contribution in [1.29, 1.82) is 0 Å². The van der Waals surface area contributed by atoms with E-state index in [1.165, 1.54) is 18.2 Å². The Morgan fingerprint density at radius 1 is 1.23 bits per heavy atom. The summed E-state index contributed by atoms with van der Waals surface area (Å²) in [5.41, 5.74) is 0.407. The van der Waals surface area contributed by atoms with Crippen LogP contribution in [-0.2, 0) is 4.79 Å². The quantitative estimate of drug-likeness (QED) is 0.294. The van der Waals surface area contributed by atoms with E-state index in [2.05, 4.69) is 25.9 Å². The van der Waals surface area contributed by atoms with E-state index < -0.39 is 17.8 Å². The number of carboxylic acid groups (broad SMARTS) is 1. The fourth-order valence-electron chi connectivity index (χ4n) is 2.87. The normalized spacial score (nSPS) is 15.2. The van der Waals surface area contributed by atoms with E-state index >= 15 is 0 Å². The second kappa shape index (κ2) is 12.7. The lowest BCUT2D eigenvalue weighted by atomic mass is 10.0. The lowest BCUT2D eigenvalue weighted by molar-refractivity contribution is -0.136. The molecule has 0 saturated heterocycles. The first-order chi connectivity index (χ1) is 16.8. The fraction of sp³-hybridized carbons (Fsp3) is 0.217. The van der Waals surface area contributed by atoms with E-state index in [9.17, 15) is 14.0 Å². The molecule has 184 valence electrons. The molecule has 12 heteroatoms. The topological polar surface area (TPSA) is 125 Å². The number of nitrogens with zero attached hydrogens (tertiary/aromatic N) is 2. The van der Waals surface area contributed by atoms with Crippen LogP contribution in [0.5, 0.6) is 11.6 Å². The molecule has 1 aromatic heterocycles. The van der Waals surface area contributed by atoms with Crippen LogP contribution in [0.4, 0.5) is 14.9 Å². The number of carbonyl (C=O) groups excluding carboxylic acids is 1. The van der Waals surface area contributed by atoms with Crippen LogP contribution in [0.2, 0.25) is 5.02 Å². The number of aromatic nitrogens is 1. The van der Waals surface area contributed by atoms with E-state index in [-0.39, 0.29) is 41.5 Å². The van der Waals surface area contributed by atoms with Gasteiger partial charge in [0.25, 0.3) is 0 Å². The van der Waals surface area contributed by atoms with E-state index in [1.807, 2.05) is 12.2 Å². The van der Waals surface area contributed by atoms with Gasteiger partial charge in [-0.05, 0) is 42.7 Å². The minimum absolute atomic E-state index is 0.0433. The fourth-order valence-corrected chi connectivity index (χ4v) is 3.25. The minimum Gasteiger partial charge on any atom is -0.481 e. The molecule has 1 unspecified atom stereocenters. The summed E-state index contributed by atoms with van der Waals surface area (Å²) in [4.78, 5) is 31.1. The molecule has 1 aliphatic carbocycles. The third-order valence-electron chi connectivity index (χ3n) is 4.60. The van der Waals surface area contributed by atoms with Crippen molar-refractivity contribution in [2.45, 2.75) is 12.8 Å². The molecule has 2 amide bonds. The number of rotatable bonds is 8. The molecule has 0 radical (unpaired) electrons. The molecule has 9 nitrogen and oxygen atoms in total. The molecule has 0 fully saturated rings. The zero-order chi connectivity index (χ0) is 25.2. The Balaban J connectivity index is 1.71. The van der Waals surface area contributed by atoms with Gasteiger partial charge in [0.1, 0.15) is 11.6 Å². The molecule has 1 aliphatic rings. The molecule has 1 aromatic carbocycles. The second-order valence-corrected chi connectivity index (χ2v) is 8.18. The van der Waals surface area contributed by atoms with Crippen LogP contribution >= 0.6 is 23.2 Å². The Bertz CT molecular complexity index is 1160. The maximum absolute atomic E-state index is 13.0. The Morgan fingerprint density at radius 2 is 2.06 bits per heavy atom. The van der Waals surface area contributed by atoms with Gasteiger partial charge in [-0.3, -0.25) is 10.1 Å². The van der Waals surface area contributed by atoms with Gasteiger partial charge in [-0.15, -0.1) is 0 Å². The average molecular weight is 522 g/mol. The molecule has 1 atom stereocenters. The summed E-state index contributed by atoms with van der Waals surface area (Å²) in [6, 6.07) is 6.66. The number of amides is 2. The van der Waals surface area contributed by atoms with E-state index in [4.69, 9.17) is 33.0 Å². The van der Waals surface area contributed by atoms with Crippen molar-refractivity contribution in [2.75, 3.05) is 13.1 Å². The number of halogens is 3. The van der Waals surface area contributed by atoms with Gasteiger partial charge in [0.15, 0.2) is 0 Å². The van der Waals surface area contributed by atoms with Crippen LogP contribution in [0, 0.1) is 11.7 Å². The van der Waals surface area contributed by atoms with Crippen molar-refractivity contribution in [3.8, 4) is 11.6 Å². The average Bonchev–Trinajstić information content (AvgIpc) is 2.81. The molecule has 0 aliphatic heterocycles. The molecule has 1 heterocycles. The molecule has 0 spiro atoms. The predicted octanol–water partition coefficient (Wildman–Crippen LogP) is 4.72. The number of ether oxygens (including phenoxy) is 1. The Kier molecular flexibility index (Phi) is 9.45. The molecule has 0 bridgehead atoms. The number of guanidine groups is 1. The number of pyridine rings is 1. The third-order valence-corrected chi connectivity index (χ3v) is 5.18. The van der Waals surface area contributed by atoms with Crippen LogP contribution in [-0.4, -0.2) is 41.1 Å². The maximum Gasteiger partial charge on any atom is 0.321 e. The van der Waals surface area contributed by atoms with Gasteiger partial charge >= 0.3 is 12.0 Å². The molecule has 2 aromatic rings. The number of aliphatic carboxylic acids is 1. The molecule has 4 N–H and O–H groups in total. The van der Waals surface area contributed by atoms with Crippen LogP contribution in [0.15, 0.2) is 64.8 Å². The lowest BCUT2D eigenvalue weighted by Crippen LogP contribution is -2.47. The number of nitrogens with one attached hydrogen (secondary N) is 3. The molecule has 3 rings (SSSR count). The summed E-state index contributed by atoms with van der Waals surface area (Å²) in [7, 11) is 0. The summed E-state index contributed by atoms with van der Waals surface area (Å²) in [5, 5.41) is 17.7. The number of benzene rings is 1. The highest BCUT2D eigenvalue weighted by Gasteiger charge is 2.12. The van der Waals surface area contributed by atoms with Gasteiger partial charge in [-0.2, -0.15) is 0 Å². The van der Waals surface area contributed by atoms with Gasteiger partial charge in [0, 0.05) is 24.2 Å². The first-order valence-corrected chi connectivity index (χ1v) is 11.3. The highest BCUT2D eigenvalue weighted by molar-refractivity contribution is 6.32. The van der Waals surface area contributed by atoms with Crippen molar-refractivity contribution in [2.24, 2.45) is 10.9 Å². The highest BCUT2D eigenvalue weighted by atomic mass is 35.5. The first-order valence-electron chi connectivity index (χ1n) is 10.5. The summed E-state index contributed by atoms with van der Waals surface area (Å²) in [6.45, 7) is 0.412. The largest absolute Gasteiger partial charge is 0.481 e. The summed E-state index contributed by atoms with van der Waals surface area (Å²) >= 11 is 12.3. The Hall–Kier alpha value is -3.63. The number of carboxylic acids is 1. The van der Waals surface area contributed by atoms with Gasteiger partial charge in [0.2, 0.25) is 11.8 Å². The summed E-state index contributed by atoms with van der Waals surface area (Å²) in [5.74, 6) is -0.800. The van der Waals surface area contributed by atoms with Crippen LogP contribution in [0.3, 0.4) is 0 Å². The van der Waals surface area contributed by atoms with Crippen molar-refractivity contribution >= 4 is 46.8 Å². The third kappa shape index (κ3) is 8.91. The number of allylic oxidation sites excluding steroid dienone is 3. The predicted molar refractivity (Wildman–Crippen MR) is 131 cm³/mol. The number of hydrogen-bond donors (Lipinski definition) is 4. The first kappa shape index (κ1) is 26.0. The molecular weight excluding hydrogens is 500 g/mol. The van der Waals surface area contributed by atoms with Crippen molar-refractivity contribution in [1.82, 2.24) is 20.9 Å². The summed E-state index contributed by atoms with van der Waals surface area (Å²) < 4.78 is 18.6. The monoisotopic (exact) mass is 521 g/mol. The zero-order valence-electron chi connectivity index (χ0n) is 18.3. The number of aliphatic imine (C=N–C) groups is 1. The van der Waals surface area contributed by atoms with Crippen LogP contribution in [0.1, 0.15) is 12.8 Å². The highest BCUT2D eigenvalue weighted by Crippen LogP contribution is 2.32. The smallest absolute Gasteiger partial charge is 0.321 e. The van der Waals surface area contributed by atoms with Crippen molar-refractivity contribution in [3.63, 3.8) is 0 Å². The SMILES string of the molecule is O=C(O)CCNC(=O)N/C(=N\c1ccc(Oc2ccc(F)cn2)c(Cl)c1)NCC1C=CC(Cl)=CC1. The molecule has 0 saturated carbocycles. The molecule has 35 heavy (non-hydrogen) atoms. The number of carbonyl (C=O) groups is 2. The lowest BCUT2D eigenvalue weighted by Gasteiger charge is -2.17. The number of urea groups is 1. The van der Waals surface area contributed by atoms with Gasteiger partial charge in [-0.25, -0.2) is 19.2 Å². The van der Waals surface area contributed by atoms with E-state index in [0.29, 0.717) is 17.3 Å². The van der Waals surface area contributed by atoms with Gasteiger partial charge < -0.3 is 20.5 Å². The van der Waals surface area contributed by atoms with Gasteiger partial charge in [0.05, 0.1) is 23.3 Å². The number of hydrogen-bond acceptors (Lipinski definition) is 5. The van der Waals surface area contributed by atoms with Crippen LogP contribution in [0.25, 0.3) is 0 Å². The maximum atomic E-state index is 13.0. The minimum atomic E-state index is -1.03. The van der Waals surface area contributed by atoms with E-state index in [1.54, 1.807) is 18.2 Å². The Labute approximate surface area is 210 Å². The van der Waals surface area contributed by atoms with Crippen LogP contribution < -0.4 is 20.7 Å². The molecular formula is C23H22Cl2FN5O4. The standard InChI is InChI=1S/C23H22Cl2FN5O4/c24-15-3-1-14(2-4-15)12-29-22(31-23(34)27-10-9-21(32)33)30-17-6-7-19(18(25)11-17)35-20-8-5-16(26)13-28-20/h1,3-8,11,13-14H,2,9-10,12H2,(H,32,33)(H3,27,29,30,31,34). The second-order valence-electron chi connectivity index (χ2n) is 7.34. The van der Waals surface area contributed by atoms with Crippen molar-refractivity contribution < 1.29 is 23.8 Å². The van der Waals surface area contributed by atoms with Crippen molar-refractivity contribution in [3.05, 3.63) is 70.6 Å².